The third-order valence-electron chi connectivity index (χ3n) is 10.1. The van der Waals surface area contributed by atoms with Gasteiger partial charge in [-0.05, 0) is 38.5 Å². The van der Waals surface area contributed by atoms with Gasteiger partial charge in [0, 0.05) is 6.42 Å². The Bertz CT molecular complexity index is 644. The molecule has 0 rings (SSSR count). The number of aliphatic hydroxyl groups excluding tert-OH is 4. The summed E-state index contributed by atoms with van der Waals surface area (Å²) < 4.78 is 5.41. The lowest BCUT2D eigenvalue weighted by Crippen LogP contribution is -2.25. The van der Waals surface area contributed by atoms with Crippen molar-refractivity contribution >= 4 is 5.97 Å². The molecule has 48 heavy (non-hydrogen) atoms. The summed E-state index contributed by atoms with van der Waals surface area (Å²) in [5, 5.41) is 40.9. The van der Waals surface area contributed by atoms with E-state index in [4.69, 9.17) is 4.74 Å². The predicted octanol–water partition coefficient (Wildman–Crippen LogP) is 11.3. The molecule has 4 N–H and O–H groups in total. The lowest BCUT2D eigenvalue weighted by molar-refractivity contribution is -0.143. The normalized spacial score (nSPS) is 14.2. The monoisotopic (exact) mass is 685 g/mol. The predicted molar refractivity (Wildman–Crippen MR) is 203 cm³/mol. The highest BCUT2D eigenvalue weighted by molar-refractivity contribution is 5.69. The Morgan fingerprint density at radius 2 is 0.625 bits per heavy atom. The second-order valence-corrected chi connectivity index (χ2v) is 14.9. The Balaban J connectivity index is 3.43. The molecule has 4 atom stereocenters. The SMILES string of the molecule is CCCCCCCCCCCC(O)C(O)CCCCCCCCCOC(=O)CCCCCCCCC(O)C(O)CCCCCCCCC. The Morgan fingerprint density at radius 1 is 0.375 bits per heavy atom. The van der Waals surface area contributed by atoms with Gasteiger partial charge in [0.2, 0.25) is 0 Å². The van der Waals surface area contributed by atoms with E-state index >= 15 is 0 Å². The van der Waals surface area contributed by atoms with Crippen LogP contribution in [0.25, 0.3) is 0 Å². The fourth-order valence-electron chi connectivity index (χ4n) is 6.67. The highest BCUT2D eigenvalue weighted by atomic mass is 16.5. The number of carbonyl (C=O) groups excluding carboxylic acids is 1. The average molecular weight is 685 g/mol. The molecule has 0 aromatic rings. The molecule has 0 heterocycles. The van der Waals surface area contributed by atoms with Gasteiger partial charge in [-0.2, -0.15) is 0 Å². The first-order valence-electron chi connectivity index (χ1n) is 21.3. The lowest BCUT2D eigenvalue weighted by Gasteiger charge is -2.17. The summed E-state index contributed by atoms with van der Waals surface area (Å²) >= 11 is 0. The minimum absolute atomic E-state index is 0.0772. The van der Waals surface area contributed by atoms with Crippen molar-refractivity contribution in [3.05, 3.63) is 0 Å². The fraction of sp³-hybridized carbons (Fsp3) is 0.976. The third-order valence-corrected chi connectivity index (χ3v) is 10.1. The van der Waals surface area contributed by atoms with Crippen LogP contribution in [0.1, 0.15) is 232 Å². The lowest BCUT2D eigenvalue weighted by atomic mass is 9.99. The molecule has 288 valence electrons. The van der Waals surface area contributed by atoms with Gasteiger partial charge in [-0.3, -0.25) is 4.79 Å². The van der Waals surface area contributed by atoms with Crippen molar-refractivity contribution in [3.8, 4) is 0 Å². The molecule has 0 aliphatic rings. The van der Waals surface area contributed by atoms with E-state index in [1.807, 2.05) is 0 Å². The number of aliphatic hydroxyl groups is 4. The summed E-state index contributed by atoms with van der Waals surface area (Å²) in [4.78, 5) is 12.0. The van der Waals surface area contributed by atoms with Gasteiger partial charge in [0.05, 0.1) is 31.0 Å². The molecule has 0 fully saturated rings. The Labute approximate surface area is 298 Å². The first-order chi connectivity index (χ1) is 23.4. The van der Waals surface area contributed by atoms with Crippen molar-refractivity contribution < 1.29 is 30.0 Å². The minimum atomic E-state index is -0.593. The molecule has 0 saturated carbocycles. The number of carbonyl (C=O) groups is 1. The Hall–Kier alpha value is -0.690. The number of ether oxygens (including phenoxy) is 1. The van der Waals surface area contributed by atoms with Gasteiger partial charge in [-0.15, -0.1) is 0 Å². The highest BCUT2D eigenvalue weighted by Crippen LogP contribution is 2.18. The van der Waals surface area contributed by atoms with Crippen molar-refractivity contribution in [2.45, 2.75) is 257 Å². The quantitative estimate of drug-likeness (QED) is 0.0379. The second-order valence-electron chi connectivity index (χ2n) is 14.9. The van der Waals surface area contributed by atoms with Crippen LogP contribution in [0.15, 0.2) is 0 Å². The average Bonchev–Trinajstić information content (AvgIpc) is 3.08. The molecule has 6 heteroatoms. The Kier molecular flexibility index (Phi) is 37.0. The first-order valence-corrected chi connectivity index (χ1v) is 21.3. The van der Waals surface area contributed by atoms with Gasteiger partial charge in [-0.1, -0.05) is 187 Å². The highest BCUT2D eigenvalue weighted by Gasteiger charge is 2.16. The van der Waals surface area contributed by atoms with Crippen molar-refractivity contribution in [2.75, 3.05) is 6.61 Å². The van der Waals surface area contributed by atoms with Crippen LogP contribution in [0.2, 0.25) is 0 Å². The van der Waals surface area contributed by atoms with E-state index in [2.05, 4.69) is 13.8 Å². The van der Waals surface area contributed by atoms with E-state index in [1.165, 1.54) is 83.5 Å². The van der Waals surface area contributed by atoms with Crippen LogP contribution in [0.3, 0.4) is 0 Å². The first kappa shape index (κ1) is 47.3. The van der Waals surface area contributed by atoms with Crippen LogP contribution >= 0.6 is 0 Å². The molecule has 0 saturated heterocycles. The molecule has 0 aliphatic carbocycles. The maximum atomic E-state index is 12.0. The van der Waals surface area contributed by atoms with E-state index < -0.39 is 24.4 Å². The van der Waals surface area contributed by atoms with Gasteiger partial charge in [-0.25, -0.2) is 0 Å². The van der Waals surface area contributed by atoms with E-state index in [9.17, 15) is 25.2 Å². The zero-order chi connectivity index (χ0) is 35.3. The van der Waals surface area contributed by atoms with Gasteiger partial charge in [0.25, 0.3) is 0 Å². The van der Waals surface area contributed by atoms with Gasteiger partial charge >= 0.3 is 5.97 Å². The number of hydrogen-bond donors (Lipinski definition) is 4. The minimum Gasteiger partial charge on any atom is -0.466 e. The molecule has 0 amide bonds. The van der Waals surface area contributed by atoms with Crippen LogP contribution in [0.5, 0.6) is 0 Å². The third kappa shape index (κ3) is 33.8. The molecule has 0 spiro atoms. The van der Waals surface area contributed by atoms with Gasteiger partial charge in [0.1, 0.15) is 0 Å². The van der Waals surface area contributed by atoms with Gasteiger partial charge < -0.3 is 25.2 Å². The zero-order valence-electron chi connectivity index (χ0n) is 32.2. The fourth-order valence-corrected chi connectivity index (χ4v) is 6.67. The largest absolute Gasteiger partial charge is 0.466 e. The van der Waals surface area contributed by atoms with Crippen LogP contribution in [0, 0.1) is 0 Å². The van der Waals surface area contributed by atoms with Crippen LogP contribution in [-0.2, 0) is 9.53 Å². The summed E-state index contributed by atoms with van der Waals surface area (Å²) in [6.07, 6.45) is 34.7. The molecule has 6 nitrogen and oxygen atoms in total. The standard InChI is InChI=1S/C42H84O6/c1-3-5-7-9-11-12-15-21-27-33-39(44)40(45)34-28-22-16-13-19-25-31-37-48-42(47)36-30-24-18-17-23-29-35-41(46)38(43)32-26-20-14-10-8-6-4-2/h38-41,43-46H,3-37H2,1-2H3. The molecule has 0 aromatic carbocycles. The molecule has 0 aliphatic heterocycles. The topological polar surface area (TPSA) is 107 Å². The maximum absolute atomic E-state index is 12.0. The van der Waals surface area contributed by atoms with Gasteiger partial charge in [0.15, 0.2) is 0 Å². The second kappa shape index (κ2) is 37.6. The number of rotatable bonds is 39. The molecule has 0 bridgehead atoms. The van der Waals surface area contributed by atoms with Crippen LogP contribution in [-0.4, -0.2) is 57.4 Å². The maximum Gasteiger partial charge on any atom is 0.305 e. The molecular formula is C42H84O6. The van der Waals surface area contributed by atoms with E-state index in [-0.39, 0.29) is 5.97 Å². The molecule has 0 radical (unpaired) electrons. The summed E-state index contributed by atoms with van der Waals surface area (Å²) in [5.74, 6) is -0.0772. The van der Waals surface area contributed by atoms with E-state index in [0.717, 1.165) is 109 Å². The summed E-state index contributed by atoms with van der Waals surface area (Å²) in [7, 11) is 0. The van der Waals surface area contributed by atoms with Crippen molar-refractivity contribution in [1.29, 1.82) is 0 Å². The summed E-state index contributed by atoms with van der Waals surface area (Å²) in [6, 6.07) is 0. The van der Waals surface area contributed by atoms with E-state index in [0.29, 0.717) is 32.3 Å². The van der Waals surface area contributed by atoms with Crippen molar-refractivity contribution in [1.82, 2.24) is 0 Å². The molecular weight excluding hydrogens is 600 g/mol. The molecule has 4 unspecified atom stereocenters. The van der Waals surface area contributed by atoms with E-state index in [1.54, 1.807) is 0 Å². The number of unbranched alkanes of at least 4 members (excludes halogenated alkanes) is 25. The molecule has 0 aromatic heterocycles. The summed E-state index contributed by atoms with van der Waals surface area (Å²) in [5.41, 5.74) is 0. The van der Waals surface area contributed by atoms with Crippen molar-refractivity contribution in [3.63, 3.8) is 0 Å². The van der Waals surface area contributed by atoms with Crippen LogP contribution in [0.4, 0.5) is 0 Å². The number of esters is 1. The number of hydrogen-bond acceptors (Lipinski definition) is 6. The van der Waals surface area contributed by atoms with Crippen LogP contribution < -0.4 is 0 Å². The van der Waals surface area contributed by atoms with Crippen molar-refractivity contribution in [2.24, 2.45) is 0 Å². The Morgan fingerprint density at radius 3 is 0.938 bits per heavy atom. The smallest absolute Gasteiger partial charge is 0.305 e. The zero-order valence-corrected chi connectivity index (χ0v) is 32.2. The summed E-state index contributed by atoms with van der Waals surface area (Å²) in [6.45, 7) is 5.00.